The first-order valence-electron chi connectivity index (χ1n) is 6.67. The van der Waals surface area contributed by atoms with Gasteiger partial charge in [0.2, 0.25) is 0 Å². The minimum atomic E-state index is -1.03. The van der Waals surface area contributed by atoms with Crippen LogP contribution in [0.4, 0.5) is 0 Å². The van der Waals surface area contributed by atoms with Crippen LogP contribution in [-0.4, -0.2) is 38.9 Å². The van der Waals surface area contributed by atoms with E-state index in [-0.39, 0.29) is 5.91 Å². The number of carbonyl (C=O) groups excluding carboxylic acids is 1. The molecule has 1 aliphatic rings. The largest absolute Gasteiger partial charge is 0.479 e. The van der Waals surface area contributed by atoms with Gasteiger partial charge >= 0.3 is 5.97 Å². The minimum absolute atomic E-state index is 0.109. The first kappa shape index (κ1) is 16.5. The van der Waals surface area contributed by atoms with Crippen LogP contribution in [0.3, 0.4) is 0 Å². The van der Waals surface area contributed by atoms with E-state index in [9.17, 15) is 9.59 Å². The summed E-state index contributed by atoms with van der Waals surface area (Å²) in [5.74, 6) is -0.702. The smallest absolute Gasteiger partial charge is 0.344 e. The van der Waals surface area contributed by atoms with E-state index in [0.717, 1.165) is 5.56 Å². The van der Waals surface area contributed by atoms with Crippen molar-refractivity contribution >= 4 is 46.3 Å². The molecule has 2 rings (SSSR count). The fraction of sp³-hybridized carbons (Fsp3) is 0.267. The second-order valence-corrected chi connectivity index (χ2v) is 6.27. The van der Waals surface area contributed by atoms with Gasteiger partial charge in [-0.15, -0.1) is 0 Å². The lowest BCUT2D eigenvalue weighted by molar-refractivity contribution is -0.144. The Morgan fingerprint density at radius 2 is 2.27 bits per heavy atom. The predicted molar refractivity (Wildman–Crippen MR) is 89.7 cm³/mol. The summed E-state index contributed by atoms with van der Waals surface area (Å²) in [5.41, 5.74) is 0.756. The number of carboxylic acid groups (broad SMARTS) is 1. The molecule has 0 saturated carbocycles. The van der Waals surface area contributed by atoms with E-state index in [2.05, 4.69) is 0 Å². The van der Waals surface area contributed by atoms with E-state index in [0.29, 0.717) is 21.5 Å². The van der Waals surface area contributed by atoms with E-state index in [1.165, 1.54) is 18.7 Å². The molecule has 0 unspecified atom stereocenters. The van der Waals surface area contributed by atoms with Gasteiger partial charge in [-0.1, -0.05) is 36.1 Å². The molecule has 116 valence electrons. The van der Waals surface area contributed by atoms with Crippen LogP contribution in [0.1, 0.15) is 19.4 Å². The molecule has 0 bridgehead atoms. The van der Waals surface area contributed by atoms with Crippen LogP contribution in [0.15, 0.2) is 29.2 Å². The molecule has 1 amide bonds. The Labute approximate surface area is 137 Å². The van der Waals surface area contributed by atoms with Crippen LogP contribution in [0.2, 0.25) is 0 Å². The second-order valence-electron chi connectivity index (χ2n) is 4.60. The topological polar surface area (TPSA) is 66.8 Å². The van der Waals surface area contributed by atoms with Gasteiger partial charge in [0.25, 0.3) is 5.91 Å². The maximum absolute atomic E-state index is 12.1. The van der Waals surface area contributed by atoms with Crippen LogP contribution >= 0.6 is 24.0 Å². The van der Waals surface area contributed by atoms with E-state index in [1.54, 1.807) is 29.2 Å². The number of thiocarbonyl (C=S) groups is 1. The van der Waals surface area contributed by atoms with Crippen LogP contribution in [0.5, 0.6) is 5.75 Å². The lowest BCUT2D eigenvalue weighted by Gasteiger charge is -2.11. The van der Waals surface area contributed by atoms with Crippen LogP contribution in [-0.2, 0) is 9.59 Å². The number of nitrogens with zero attached hydrogens (tertiary/aromatic N) is 1. The highest BCUT2D eigenvalue weighted by atomic mass is 32.2. The summed E-state index contributed by atoms with van der Waals surface area (Å²) in [6.07, 6.45) is 0.793. The number of hydrogen-bond donors (Lipinski definition) is 1. The van der Waals surface area contributed by atoms with Gasteiger partial charge in [-0.05, 0) is 37.6 Å². The number of aliphatic carboxylic acids is 1. The fourth-order valence-electron chi connectivity index (χ4n) is 1.86. The number of ether oxygens (including phenoxy) is 1. The molecule has 1 aromatic rings. The molecular weight excluding hydrogens is 322 g/mol. The molecule has 1 atom stereocenters. The third-order valence-corrected chi connectivity index (χ3v) is 4.38. The number of hydrogen-bond acceptors (Lipinski definition) is 5. The lowest BCUT2D eigenvalue weighted by atomic mass is 10.2. The van der Waals surface area contributed by atoms with Gasteiger partial charge in [0.05, 0.1) is 4.91 Å². The zero-order valence-electron chi connectivity index (χ0n) is 12.1. The number of likely N-dealkylation sites (N-methyl/N-ethyl adjacent to an activating group) is 1. The Bertz CT molecular complexity index is 657. The maximum atomic E-state index is 12.1. The van der Waals surface area contributed by atoms with Crippen molar-refractivity contribution in [3.63, 3.8) is 0 Å². The normalized spacial score (nSPS) is 17.9. The summed E-state index contributed by atoms with van der Waals surface area (Å²) in [6, 6.07) is 6.93. The van der Waals surface area contributed by atoms with Crippen LogP contribution < -0.4 is 4.74 Å². The molecule has 7 heteroatoms. The van der Waals surface area contributed by atoms with Crippen molar-refractivity contribution in [3.05, 3.63) is 34.7 Å². The number of carboxylic acids is 1. The maximum Gasteiger partial charge on any atom is 0.344 e. The highest BCUT2D eigenvalue weighted by Gasteiger charge is 2.30. The van der Waals surface area contributed by atoms with E-state index < -0.39 is 12.1 Å². The molecule has 1 fully saturated rings. The van der Waals surface area contributed by atoms with Crippen molar-refractivity contribution in [1.82, 2.24) is 4.90 Å². The molecule has 1 N–H and O–H groups in total. The third-order valence-electron chi connectivity index (χ3n) is 3.01. The van der Waals surface area contributed by atoms with Crippen molar-refractivity contribution in [2.75, 3.05) is 6.54 Å². The number of carbonyl (C=O) groups is 2. The van der Waals surface area contributed by atoms with E-state index in [1.807, 2.05) is 13.0 Å². The van der Waals surface area contributed by atoms with Crippen LogP contribution in [0.25, 0.3) is 6.08 Å². The number of rotatable bonds is 5. The summed E-state index contributed by atoms with van der Waals surface area (Å²) in [4.78, 5) is 25.0. The summed E-state index contributed by atoms with van der Waals surface area (Å²) < 4.78 is 5.86. The Kier molecular flexibility index (Phi) is 5.20. The zero-order valence-corrected chi connectivity index (χ0v) is 13.7. The molecule has 0 aromatic heterocycles. The van der Waals surface area contributed by atoms with E-state index in [4.69, 9.17) is 22.1 Å². The molecule has 0 aliphatic carbocycles. The summed E-state index contributed by atoms with van der Waals surface area (Å²) in [6.45, 7) is 3.87. The summed E-state index contributed by atoms with van der Waals surface area (Å²) >= 11 is 6.42. The average Bonchev–Trinajstić information content (AvgIpc) is 2.73. The molecular formula is C15H15NO4S2. The average molecular weight is 337 g/mol. The SMILES string of the molecule is CCN1C(=O)/C(=C/c2cccc(O[C@H](C)C(=O)O)c2)SC1=S. The highest BCUT2D eigenvalue weighted by Crippen LogP contribution is 2.32. The molecule has 0 spiro atoms. The summed E-state index contributed by atoms with van der Waals surface area (Å²) in [7, 11) is 0. The van der Waals surface area contributed by atoms with E-state index >= 15 is 0 Å². The first-order valence-corrected chi connectivity index (χ1v) is 7.89. The lowest BCUT2D eigenvalue weighted by Crippen LogP contribution is -2.27. The Morgan fingerprint density at radius 1 is 1.55 bits per heavy atom. The quantitative estimate of drug-likeness (QED) is 0.658. The standard InChI is InChI=1S/C15H15NO4S2/c1-3-16-13(17)12(22-15(16)21)8-10-5-4-6-11(7-10)20-9(2)14(18)19/h4-9H,3H2,1-2H3,(H,18,19)/b12-8-/t9-/m1/s1. The molecule has 22 heavy (non-hydrogen) atoms. The molecule has 1 heterocycles. The third kappa shape index (κ3) is 3.66. The van der Waals surface area contributed by atoms with Crippen molar-refractivity contribution in [2.24, 2.45) is 0 Å². The van der Waals surface area contributed by atoms with Crippen molar-refractivity contribution in [3.8, 4) is 5.75 Å². The molecule has 5 nitrogen and oxygen atoms in total. The number of thioether (sulfide) groups is 1. The second kappa shape index (κ2) is 6.93. The number of benzene rings is 1. The van der Waals surface area contributed by atoms with Crippen molar-refractivity contribution in [1.29, 1.82) is 0 Å². The summed E-state index contributed by atoms with van der Waals surface area (Å²) in [5, 5.41) is 8.86. The van der Waals surface area contributed by atoms with Gasteiger partial charge in [-0.3, -0.25) is 9.69 Å². The van der Waals surface area contributed by atoms with Gasteiger partial charge in [0.15, 0.2) is 6.10 Å². The van der Waals surface area contributed by atoms with Gasteiger partial charge in [-0.25, -0.2) is 4.79 Å². The zero-order chi connectivity index (χ0) is 16.3. The highest BCUT2D eigenvalue weighted by molar-refractivity contribution is 8.26. The first-order chi connectivity index (χ1) is 10.4. The molecule has 1 aromatic carbocycles. The van der Waals surface area contributed by atoms with Gasteiger partial charge in [0, 0.05) is 6.54 Å². The van der Waals surface area contributed by atoms with Gasteiger partial charge < -0.3 is 9.84 Å². The fourth-order valence-corrected chi connectivity index (χ4v) is 3.24. The Morgan fingerprint density at radius 3 is 2.86 bits per heavy atom. The van der Waals surface area contributed by atoms with Crippen molar-refractivity contribution in [2.45, 2.75) is 20.0 Å². The molecule has 1 aliphatic heterocycles. The Hall–Kier alpha value is -1.86. The monoisotopic (exact) mass is 337 g/mol. The van der Waals surface area contributed by atoms with Gasteiger partial charge in [-0.2, -0.15) is 0 Å². The minimum Gasteiger partial charge on any atom is -0.479 e. The van der Waals surface area contributed by atoms with Gasteiger partial charge in [0.1, 0.15) is 10.1 Å². The molecule has 1 saturated heterocycles. The van der Waals surface area contributed by atoms with Crippen molar-refractivity contribution < 1.29 is 19.4 Å². The predicted octanol–water partition coefficient (Wildman–Crippen LogP) is 2.76. The molecule has 0 radical (unpaired) electrons. The Balaban J connectivity index is 2.20. The number of amides is 1. The van der Waals surface area contributed by atoms with Crippen LogP contribution in [0, 0.1) is 0 Å².